The van der Waals surface area contributed by atoms with Crippen LogP contribution in [-0.4, -0.2) is 42.7 Å². The highest BCUT2D eigenvalue weighted by Crippen LogP contribution is 2.16. The van der Waals surface area contributed by atoms with Gasteiger partial charge in [-0.1, -0.05) is 13.8 Å². The van der Waals surface area contributed by atoms with Crippen molar-refractivity contribution in [1.29, 1.82) is 0 Å². The van der Waals surface area contributed by atoms with Crippen LogP contribution in [-0.2, 0) is 26.0 Å². The quantitative estimate of drug-likeness (QED) is 0.657. The molecule has 1 heterocycles. The van der Waals surface area contributed by atoms with Crippen LogP contribution < -0.4 is 10.0 Å². The van der Waals surface area contributed by atoms with Gasteiger partial charge in [-0.25, -0.2) is 18.2 Å². The van der Waals surface area contributed by atoms with Gasteiger partial charge in [0.05, 0.1) is 18.4 Å². The SMILES string of the molecule is CC(C)C(NC(=O)Cc1csc(NS(C)(=O)=O)n1)C(=O)O. The molecule has 1 aromatic rings. The molecule has 8 nitrogen and oxygen atoms in total. The number of hydrogen-bond donors (Lipinski definition) is 3. The van der Waals surface area contributed by atoms with Crippen LogP contribution in [0.4, 0.5) is 5.13 Å². The van der Waals surface area contributed by atoms with Crippen LogP contribution in [0.15, 0.2) is 5.38 Å². The van der Waals surface area contributed by atoms with E-state index >= 15 is 0 Å². The molecule has 1 unspecified atom stereocenters. The lowest BCUT2D eigenvalue weighted by Gasteiger charge is -2.17. The van der Waals surface area contributed by atoms with Crippen molar-refractivity contribution in [3.63, 3.8) is 0 Å². The van der Waals surface area contributed by atoms with Crippen molar-refractivity contribution in [3.8, 4) is 0 Å². The Kier molecular flexibility index (Phi) is 5.67. The predicted octanol–water partition coefficient (Wildman–Crippen LogP) is 0.282. The number of hydrogen-bond acceptors (Lipinski definition) is 6. The Morgan fingerprint density at radius 1 is 1.43 bits per heavy atom. The van der Waals surface area contributed by atoms with Crippen molar-refractivity contribution >= 4 is 38.4 Å². The summed E-state index contributed by atoms with van der Waals surface area (Å²) in [6, 6.07) is -0.968. The Bertz CT molecular complexity index is 624. The van der Waals surface area contributed by atoms with E-state index in [2.05, 4.69) is 15.0 Å². The van der Waals surface area contributed by atoms with Crippen LogP contribution in [0, 0.1) is 5.92 Å². The average Bonchev–Trinajstić information content (AvgIpc) is 2.69. The predicted molar refractivity (Wildman–Crippen MR) is 78.7 cm³/mol. The molecular weight excluding hydrogens is 318 g/mol. The van der Waals surface area contributed by atoms with E-state index in [0.29, 0.717) is 5.69 Å². The average molecular weight is 335 g/mol. The summed E-state index contributed by atoms with van der Waals surface area (Å²) >= 11 is 1.05. The zero-order chi connectivity index (χ0) is 16.2. The van der Waals surface area contributed by atoms with E-state index in [1.54, 1.807) is 13.8 Å². The van der Waals surface area contributed by atoms with Gasteiger partial charge < -0.3 is 10.4 Å². The molecule has 0 aliphatic carbocycles. The van der Waals surface area contributed by atoms with E-state index in [1.807, 2.05) is 0 Å². The van der Waals surface area contributed by atoms with Crippen molar-refractivity contribution in [2.45, 2.75) is 26.3 Å². The molecule has 1 rings (SSSR count). The Hall–Kier alpha value is -1.68. The molecule has 0 aromatic carbocycles. The lowest BCUT2D eigenvalue weighted by molar-refractivity contribution is -0.143. The molecule has 118 valence electrons. The van der Waals surface area contributed by atoms with Gasteiger partial charge in [-0.05, 0) is 5.92 Å². The second-order valence-corrected chi connectivity index (χ2v) is 7.43. The van der Waals surface area contributed by atoms with E-state index in [4.69, 9.17) is 5.11 Å². The fraction of sp³-hybridized carbons (Fsp3) is 0.545. The number of amides is 1. The van der Waals surface area contributed by atoms with E-state index in [9.17, 15) is 18.0 Å². The van der Waals surface area contributed by atoms with Crippen LogP contribution in [0.3, 0.4) is 0 Å². The minimum atomic E-state index is -3.41. The number of carbonyl (C=O) groups is 2. The fourth-order valence-corrected chi connectivity index (χ4v) is 3.06. The minimum absolute atomic E-state index is 0.113. The van der Waals surface area contributed by atoms with Gasteiger partial charge >= 0.3 is 5.97 Å². The number of carboxylic acids is 1. The first-order valence-corrected chi connectivity index (χ1v) is 8.80. The first kappa shape index (κ1) is 17.4. The summed E-state index contributed by atoms with van der Waals surface area (Å²) in [7, 11) is -3.41. The number of aliphatic carboxylic acids is 1. The zero-order valence-corrected chi connectivity index (χ0v) is 13.4. The van der Waals surface area contributed by atoms with Gasteiger partial charge in [-0.15, -0.1) is 11.3 Å². The largest absolute Gasteiger partial charge is 0.480 e. The number of sulfonamides is 1. The maximum absolute atomic E-state index is 11.8. The van der Waals surface area contributed by atoms with E-state index in [-0.39, 0.29) is 17.5 Å². The van der Waals surface area contributed by atoms with Crippen molar-refractivity contribution in [1.82, 2.24) is 10.3 Å². The third-order valence-electron chi connectivity index (χ3n) is 2.42. The van der Waals surface area contributed by atoms with Gasteiger partial charge in [0, 0.05) is 5.38 Å². The third kappa shape index (κ3) is 6.08. The fourth-order valence-electron chi connectivity index (χ4n) is 1.50. The number of carbonyl (C=O) groups excluding carboxylic acids is 1. The van der Waals surface area contributed by atoms with Crippen molar-refractivity contribution in [3.05, 3.63) is 11.1 Å². The lowest BCUT2D eigenvalue weighted by Crippen LogP contribution is -2.44. The molecule has 0 spiro atoms. The maximum Gasteiger partial charge on any atom is 0.326 e. The second kappa shape index (κ2) is 6.85. The maximum atomic E-state index is 11.8. The number of nitrogens with one attached hydrogen (secondary N) is 2. The van der Waals surface area contributed by atoms with Gasteiger partial charge in [0.15, 0.2) is 5.13 Å². The number of anilines is 1. The minimum Gasteiger partial charge on any atom is -0.480 e. The molecule has 0 saturated carbocycles. The van der Waals surface area contributed by atoms with Crippen LogP contribution in [0.25, 0.3) is 0 Å². The van der Waals surface area contributed by atoms with Crippen molar-refractivity contribution < 1.29 is 23.1 Å². The highest BCUT2D eigenvalue weighted by Gasteiger charge is 2.23. The molecule has 1 amide bonds. The molecule has 1 atom stereocenters. The molecule has 0 fully saturated rings. The van der Waals surface area contributed by atoms with Crippen molar-refractivity contribution in [2.75, 3.05) is 11.0 Å². The summed E-state index contributed by atoms with van der Waals surface area (Å²) in [5.41, 5.74) is 0.372. The summed E-state index contributed by atoms with van der Waals surface area (Å²) in [6.07, 6.45) is 0.888. The molecule has 0 bridgehead atoms. The molecule has 0 aliphatic heterocycles. The highest BCUT2D eigenvalue weighted by molar-refractivity contribution is 7.92. The molecule has 10 heteroatoms. The summed E-state index contributed by atoms with van der Waals surface area (Å²) in [5, 5.41) is 13.1. The number of aromatic nitrogens is 1. The van der Waals surface area contributed by atoms with Crippen LogP contribution in [0.1, 0.15) is 19.5 Å². The number of thiazole rings is 1. The van der Waals surface area contributed by atoms with Crippen LogP contribution >= 0.6 is 11.3 Å². The summed E-state index contributed by atoms with van der Waals surface area (Å²) in [5.74, 6) is -1.83. The van der Waals surface area contributed by atoms with E-state index < -0.39 is 27.9 Å². The zero-order valence-electron chi connectivity index (χ0n) is 11.8. The molecule has 1 aromatic heterocycles. The Labute approximate surface area is 126 Å². The van der Waals surface area contributed by atoms with Gasteiger partial charge in [0.2, 0.25) is 15.9 Å². The Morgan fingerprint density at radius 3 is 2.52 bits per heavy atom. The second-order valence-electron chi connectivity index (χ2n) is 4.82. The summed E-state index contributed by atoms with van der Waals surface area (Å²) in [6.45, 7) is 3.38. The van der Waals surface area contributed by atoms with Gasteiger partial charge in [-0.3, -0.25) is 9.52 Å². The third-order valence-corrected chi connectivity index (χ3v) is 3.92. The molecular formula is C11H17N3O5S2. The summed E-state index contributed by atoms with van der Waals surface area (Å²) in [4.78, 5) is 26.7. The van der Waals surface area contributed by atoms with E-state index in [1.165, 1.54) is 5.38 Å². The van der Waals surface area contributed by atoms with Gasteiger partial charge in [-0.2, -0.15) is 0 Å². The number of carboxylic acid groups (broad SMARTS) is 1. The van der Waals surface area contributed by atoms with Crippen LogP contribution in [0.5, 0.6) is 0 Å². The van der Waals surface area contributed by atoms with Crippen molar-refractivity contribution in [2.24, 2.45) is 5.92 Å². The summed E-state index contributed by atoms with van der Waals surface area (Å²) < 4.78 is 24.3. The van der Waals surface area contributed by atoms with Crippen LogP contribution in [0.2, 0.25) is 0 Å². The standard InChI is InChI=1S/C11H17N3O5S2/c1-6(2)9(10(16)17)13-8(15)4-7-5-20-11(12-7)14-21(3,18)19/h5-6,9H,4H2,1-3H3,(H,12,14)(H,13,15)(H,16,17). The highest BCUT2D eigenvalue weighted by atomic mass is 32.2. The Balaban J connectivity index is 2.65. The molecule has 0 aliphatic rings. The first-order valence-electron chi connectivity index (χ1n) is 6.03. The topological polar surface area (TPSA) is 125 Å². The lowest BCUT2D eigenvalue weighted by atomic mass is 10.0. The normalized spacial score (nSPS) is 13.0. The Morgan fingerprint density at radius 2 is 2.05 bits per heavy atom. The number of nitrogens with zero attached hydrogens (tertiary/aromatic N) is 1. The first-order chi connectivity index (χ1) is 9.58. The number of rotatable bonds is 7. The van der Waals surface area contributed by atoms with Gasteiger partial charge in [0.25, 0.3) is 0 Å². The molecule has 0 saturated heterocycles. The van der Waals surface area contributed by atoms with E-state index in [0.717, 1.165) is 17.6 Å². The van der Waals surface area contributed by atoms with Gasteiger partial charge in [0.1, 0.15) is 6.04 Å². The molecule has 0 radical (unpaired) electrons. The molecule has 21 heavy (non-hydrogen) atoms. The molecule has 3 N–H and O–H groups in total. The monoisotopic (exact) mass is 335 g/mol. The smallest absolute Gasteiger partial charge is 0.326 e.